The number of amidine groups is 1. The van der Waals surface area contributed by atoms with E-state index in [1.165, 1.54) is 30.3 Å². The van der Waals surface area contributed by atoms with Crippen molar-refractivity contribution in [3.8, 4) is 0 Å². The number of aliphatic imine (C=N–C) groups is 1. The van der Waals surface area contributed by atoms with Gasteiger partial charge in [0.2, 0.25) is 0 Å². The van der Waals surface area contributed by atoms with E-state index in [4.69, 9.17) is 0 Å². The van der Waals surface area contributed by atoms with Gasteiger partial charge in [-0.15, -0.1) is 0 Å². The smallest absolute Gasteiger partial charge is 0.435 e. The van der Waals surface area contributed by atoms with Gasteiger partial charge in [0.05, 0.1) is 12.7 Å². The summed E-state index contributed by atoms with van der Waals surface area (Å²) in [5, 5.41) is 0.112. The third-order valence-corrected chi connectivity index (χ3v) is 5.36. The van der Waals surface area contributed by atoms with Crippen molar-refractivity contribution >= 4 is 34.5 Å². The Kier molecular flexibility index (Phi) is 5.98. The predicted octanol–water partition coefficient (Wildman–Crippen LogP) is 2.85. The number of hydrogen-bond donors (Lipinski definition) is 1. The van der Waals surface area contributed by atoms with E-state index < -0.39 is 23.6 Å². The van der Waals surface area contributed by atoms with Crippen LogP contribution in [0.2, 0.25) is 0 Å². The number of fused-ring (bicyclic) bond motifs is 1. The molecule has 32 heavy (non-hydrogen) atoms. The largest absolute Gasteiger partial charge is 0.451 e. The third kappa shape index (κ3) is 4.09. The SMILES string of the molecule is COC(=O)N=C(c1ccccc1)N1CCN(C(=O)C(=O)c2c[nH]c3cccc(F)c23)CC1. The van der Waals surface area contributed by atoms with E-state index in [-0.39, 0.29) is 24.0 Å². The van der Waals surface area contributed by atoms with E-state index in [1.54, 1.807) is 6.07 Å². The Balaban J connectivity index is 1.50. The first-order chi connectivity index (χ1) is 15.5. The second-order valence-electron chi connectivity index (χ2n) is 7.24. The van der Waals surface area contributed by atoms with E-state index in [1.807, 2.05) is 35.2 Å². The molecule has 2 aromatic carbocycles. The summed E-state index contributed by atoms with van der Waals surface area (Å²) in [5.74, 6) is -1.58. The molecule has 1 aromatic heterocycles. The van der Waals surface area contributed by atoms with Crippen molar-refractivity contribution in [1.82, 2.24) is 14.8 Å². The Morgan fingerprint density at radius 1 is 0.969 bits per heavy atom. The summed E-state index contributed by atoms with van der Waals surface area (Å²) in [4.78, 5) is 47.6. The second-order valence-corrected chi connectivity index (χ2v) is 7.24. The molecule has 2 amide bonds. The molecule has 1 N–H and O–H groups in total. The monoisotopic (exact) mass is 436 g/mol. The van der Waals surface area contributed by atoms with Crippen LogP contribution < -0.4 is 0 Å². The highest BCUT2D eigenvalue weighted by Gasteiger charge is 2.30. The highest BCUT2D eigenvalue weighted by atomic mass is 19.1. The Bertz CT molecular complexity index is 1200. The summed E-state index contributed by atoms with van der Waals surface area (Å²) in [5.41, 5.74) is 1.21. The molecule has 0 spiro atoms. The highest BCUT2D eigenvalue weighted by Crippen LogP contribution is 2.23. The Labute approximate surface area is 183 Å². The molecular formula is C23H21FN4O4. The number of carbonyl (C=O) groups is 3. The third-order valence-electron chi connectivity index (χ3n) is 5.36. The van der Waals surface area contributed by atoms with Crippen LogP contribution in [0.3, 0.4) is 0 Å². The van der Waals surface area contributed by atoms with Gasteiger partial charge < -0.3 is 19.5 Å². The lowest BCUT2D eigenvalue weighted by Gasteiger charge is -2.36. The second kappa shape index (κ2) is 9.01. The lowest BCUT2D eigenvalue weighted by molar-refractivity contribution is -0.127. The number of ether oxygens (including phenoxy) is 1. The highest BCUT2D eigenvalue weighted by molar-refractivity contribution is 6.44. The van der Waals surface area contributed by atoms with Gasteiger partial charge in [0, 0.05) is 48.8 Å². The Hall–Kier alpha value is -4.01. The molecule has 0 bridgehead atoms. The van der Waals surface area contributed by atoms with Crippen LogP contribution in [-0.2, 0) is 9.53 Å². The van der Waals surface area contributed by atoms with Gasteiger partial charge in [0.25, 0.3) is 11.7 Å². The molecule has 1 aliphatic rings. The van der Waals surface area contributed by atoms with Gasteiger partial charge >= 0.3 is 6.09 Å². The quantitative estimate of drug-likeness (QED) is 0.295. The number of benzene rings is 2. The number of H-pyrrole nitrogens is 1. The number of aromatic amines is 1. The maximum Gasteiger partial charge on any atom is 0.435 e. The van der Waals surface area contributed by atoms with Crippen LogP contribution in [0.4, 0.5) is 9.18 Å². The van der Waals surface area contributed by atoms with Crippen LogP contribution in [0.25, 0.3) is 10.9 Å². The minimum absolute atomic E-state index is 0.0164. The summed E-state index contributed by atoms with van der Waals surface area (Å²) in [7, 11) is 1.25. The molecule has 1 saturated heterocycles. The minimum Gasteiger partial charge on any atom is -0.451 e. The van der Waals surface area contributed by atoms with Crippen molar-refractivity contribution in [3.05, 3.63) is 71.7 Å². The minimum atomic E-state index is -0.763. The summed E-state index contributed by atoms with van der Waals surface area (Å²) in [6.07, 6.45) is 0.639. The lowest BCUT2D eigenvalue weighted by Crippen LogP contribution is -2.52. The van der Waals surface area contributed by atoms with Gasteiger partial charge in [0.15, 0.2) is 0 Å². The molecular weight excluding hydrogens is 415 g/mol. The standard InChI is InChI=1S/C23H21FN4O4/c1-32-23(31)26-21(15-6-3-2-4-7-15)27-10-12-28(13-11-27)22(30)20(29)16-14-25-18-9-5-8-17(24)19(16)18/h2-9,14,25H,10-13H2,1H3. The molecule has 9 heteroatoms. The number of rotatable bonds is 3. The van der Waals surface area contributed by atoms with E-state index in [9.17, 15) is 18.8 Å². The summed E-state index contributed by atoms with van der Waals surface area (Å²) >= 11 is 0. The molecule has 1 fully saturated rings. The lowest BCUT2D eigenvalue weighted by atomic mass is 10.1. The number of hydrogen-bond acceptors (Lipinski definition) is 4. The van der Waals surface area contributed by atoms with Gasteiger partial charge in [-0.2, -0.15) is 4.99 Å². The van der Waals surface area contributed by atoms with Crippen LogP contribution in [0.1, 0.15) is 15.9 Å². The van der Waals surface area contributed by atoms with Gasteiger partial charge in [-0.1, -0.05) is 36.4 Å². The van der Waals surface area contributed by atoms with Crippen LogP contribution in [-0.4, -0.2) is 71.7 Å². The zero-order valence-electron chi connectivity index (χ0n) is 17.4. The van der Waals surface area contributed by atoms with Crippen molar-refractivity contribution in [2.45, 2.75) is 0 Å². The van der Waals surface area contributed by atoms with Crippen molar-refractivity contribution < 1.29 is 23.5 Å². The fraction of sp³-hybridized carbons (Fsp3) is 0.217. The number of nitrogens with one attached hydrogen (secondary N) is 1. The van der Waals surface area contributed by atoms with Gasteiger partial charge in [-0.3, -0.25) is 9.59 Å². The number of halogens is 1. The number of Topliss-reactive ketones (excluding diaryl/α,β-unsaturated/α-hetero) is 1. The number of amides is 2. The fourth-order valence-corrected chi connectivity index (χ4v) is 3.74. The van der Waals surface area contributed by atoms with Crippen molar-refractivity contribution in [2.24, 2.45) is 4.99 Å². The molecule has 4 rings (SSSR count). The maximum absolute atomic E-state index is 14.2. The van der Waals surface area contributed by atoms with E-state index >= 15 is 0 Å². The van der Waals surface area contributed by atoms with Crippen molar-refractivity contribution in [1.29, 1.82) is 0 Å². The summed E-state index contributed by atoms with van der Waals surface area (Å²) in [6.45, 7) is 1.24. The van der Waals surface area contributed by atoms with Crippen LogP contribution >= 0.6 is 0 Å². The average Bonchev–Trinajstić information content (AvgIpc) is 3.27. The maximum atomic E-state index is 14.2. The topological polar surface area (TPSA) is 95.1 Å². The van der Waals surface area contributed by atoms with E-state index in [0.717, 1.165) is 5.56 Å². The number of carbonyl (C=O) groups excluding carboxylic acids is 3. The molecule has 0 atom stereocenters. The number of nitrogens with zero attached hydrogens (tertiary/aromatic N) is 3. The fourth-order valence-electron chi connectivity index (χ4n) is 3.74. The first-order valence-corrected chi connectivity index (χ1v) is 10.1. The summed E-state index contributed by atoms with van der Waals surface area (Å²) < 4.78 is 18.9. The molecule has 2 heterocycles. The van der Waals surface area contributed by atoms with E-state index in [2.05, 4.69) is 14.7 Å². The number of methoxy groups -OCH3 is 1. The predicted molar refractivity (Wildman–Crippen MR) is 116 cm³/mol. The molecule has 0 saturated carbocycles. The molecule has 0 radical (unpaired) electrons. The normalized spacial score (nSPS) is 14.5. The first kappa shape index (κ1) is 21.2. The van der Waals surface area contributed by atoms with Gasteiger partial charge in [-0.25, -0.2) is 9.18 Å². The van der Waals surface area contributed by atoms with Crippen LogP contribution in [0, 0.1) is 5.82 Å². The van der Waals surface area contributed by atoms with E-state index in [0.29, 0.717) is 24.4 Å². The van der Waals surface area contributed by atoms with Gasteiger partial charge in [-0.05, 0) is 12.1 Å². The zero-order chi connectivity index (χ0) is 22.7. The molecule has 0 unspecified atom stereocenters. The van der Waals surface area contributed by atoms with Gasteiger partial charge in [0.1, 0.15) is 11.7 Å². The summed E-state index contributed by atoms with van der Waals surface area (Å²) in [6, 6.07) is 13.6. The Morgan fingerprint density at radius 3 is 2.34 bits per heavy atom. The molecule has 1 aliphatic heterocycles. The average molecular weight is 436 g/mol. The molecule has 3 aromatic rings. The van der Waals surface area contributed by atoms with Crippen molar-refractivity contribution in [3.63, 3.8) is 0 Å². The Morgan fingerprint density at radius 2 is 1.66 bits per heavy atom. The molecule has 0 aliphatic carbocycles. The van der Waals surface area contributed by atoms with Crippen LogP contribution in [0.5, 0.6) is 0 Å². The first-order valence-electron chi connectivity index (χ1n) is 10.1. The molecule has 164 valence electrons. The number of piperazine rings is 1. The van der Waals surface area contributed by atoms with Crippen molar-refractivity contribution in [2.75, 3.05) is 33.3 Å². The number of ketones is 1. The zero-order valence-corrected chi connectivity index (χ0v) is 17.4. The molecule has 8 nitrogen and oxygen atoms in total. The van der Waals surface area contributed by atoms with Crippen LogP contribution in [0.15, 0.2) is 59.7 Å². The number of aromatic nitrogens is 1.